The van der Waals surface area contributed by atoms with Crippen molar-refractivity contribution in [3.05, 3.63) is 58.6 Å². The number of hydrogen-bond acceptors (Lipinski definition) is 4. The predicted octanol–water partition coefficient (Wildman–Crippen LogP) is 3.31. The van der Waals surface area contributed by atoms with Crippen LogP contribution in [0.3, 0.4) is 0 Å². The van der Waals surface area contributed by atoms with Crippen LogP contribution in [0.2, 0.25) is 10.0 Å². The molecule has 0 atom stereocenters. The number of piperazine rings is 1. The summed E-state index contributed by atoms with van der Waals surface area (Å²) in [6.45, 7) is 5.27. The average molecular weight is 408 g/mol. The van der Waals surface area contributed by atoms with E-state index >= 15 is 0 Å². The molecule has 1 N–H and O–H groups in total. The number of rotatable bonds is 7. The first-order valence-electron chi connectivity index (χ1n) is 8.98. The fraction of sp³-hybridized carbons (Fsp3) is 0.350. The van der Waals surface area contributed by atoms with E-state index in [0.717, 1.165) is 43.4 Å². The molecule has 2 aromatic rings. The molecule has 0 saturated carbocycles. The molecule has 144 valence electrons. The van der Waals surface area contributed by atoms with Gasteiger partial charge < -0.3 is 15.0 Å². The van der Waals surface area contributed by atoms with E-state index in [4.69, 9.17) is 27.9 Å². The normalized spacial score (nSPS) is 14.8. The molecule has 1 aliphatic heterocycles. The van der Waals surface area contributed by atoms with Crippen LogP contribution in [0.25, 0.3) is 0 Å². The fourth-order valence-electron chi connectivity index (χ4n) is 2.99. The molecule has 27 heavy (non-hydrogen) atoms. The SMILES string of the molecule is O=C(COc1ccc(Cl)cc1)NCCN1CCN(c2cccc(Cl)c2)CC1. The van der Waals surface area contributed by atoms with Crippen molar-refractivity contribution < 1.29 is 9.53 Å². The average Bonchev–Trinajstić information content (AvgIpc) is 2.68. The summed E-state index contributed by atoms with van der Waals surface area (Å²) in [4.78, 5) is 16.6. The van der Waals surface area contributed by atoms with Gasteiger partial charge in [-0.1, -0.05) is 29.3 Å². The van der Waals surface area contributed by atoms with E-state index in [-0.39, 0.29) is 12.5 Å². The Bertz CT molecular complexity index is 747. The Morgan fingerprint density at radius 1 is 1.00 bits per heavy atom. The summed E-state index contributed by atoms with van der Waals surface area (Å²) in [6.07, 6.45) is 0. The van der Waals surface area contributed by atoms with Crippen molar-refractivity contribution in [2.45, 2.75) is 0 Å². The Kier molecular flexibility index (Phi) is 7.21. The highest BCUT2D eigenvalue weighted by atomic mass is 35.5. The Morgan fingerprint density at radius 3 is 2.44 bits per heavy atom. The van der Waals surface area contributed by atoms with Crippen LogP contribution in [-0.2, 0) is 4.79 Å². The van der Waals surface area contributed by atoms with Crippen LogP contribution in [0.1, 0.15) is 0 Å². The number of anilines is 1. The van der Waals surface area contributed by atoms with Gasteiger partial charge in [-0.15, -0.1) is 0 Å². The third-order valence-electron chi connectivity index (χ3n) is 4.48. The van der Waals surface area contributed by atoms with Crippen molar-refractivity contribution in [3.8, 4) is 5.75 Å². The van der Waals surface area contributed by atoms with Crippen LogP contribution in [0, 0.1) is 0 Å². The van der Waals surface area contributed by atoms with E-state index in [1.165, 1.54) is 0 Å². The molecule has 0 unspecified atom stereocenters. The minimum Gasteiger partial charge on any atom is -0.484 e. The lowest BCUT2D eigenvalue weighted by atomic mass is 10.2. The van der Waals surface area contributed by atoms with Crippen molar-refractivity contribution in [1.29, 1.82) is 0 Å². The van der Waals surface area contributed by atoms with Gasteiger partial charge in [0.25, 0.3) is 5.91 Å². The maximum Gasteiger partial charge on any atom is 0.257 e. The highest BCUT2D eigenvalue weighted by Crippen LogP contribution is 2.20. The van der Waals surface area contributed by atoms with Gasteiger partial charge in [-0.2, -0.15) is 0 Å². The number of carbonyl (C=O) groups is 1. The van der Waals surface area contributed by atoms with Gasteiger partial charge in [0.05, 0.1) is 0 Å². The second-order valence-corrected chi connectivity index (χ2v) is 7.27. The topological polar surface area (TPSA) is 44.8 Å². The second-order valence-electron chi connectivity index (χ2n) is 6.40. The van der Waals surface area contributed by atoms with Crippen LogP contribution in [0.15, 0.2) is 48.5 Å². The largest absolute Gasteiger partial charge is 0.484 e. The smallest absolute Gasteiger partial charge is 0.257 e. The summed E-state index contributed by atoms with van der Waals surface area (Å²) in [6, 6.07) is 14.9. The van der Waals surface area contributed by atoms with E-state index in [9.17, 15) is 4.79 Å². The van der Waals surface area contributed by atoms with Gasteiger partial charge >= 0.3 is 0 Å². The minimum atomic E-state index is -0.123. The summed E-state index contributed by atoms with van der Waals surface area (Å²) in [7, 11) is 0. The molecule has 7 heteroatoms. The highest BCUT2D eigenvalue weighted by molar-refractivity contribution is 6.31. The molecule has 0 spiro atoms. The fourth-order valence-corrected chi connectivity index (χ4v) is 3.30. The Morgan fingerprint density at radius 2 is 1.74 bits per heavy atom. The molecule has 0 bridgehead atoms. The van der Waals surface area contributed by atoms with Gasteiger partial charge in [0, 0.05) is 55.0 Å². The lowest BCUT2D eigenvalue weighted by Crippen LogP contribution is -2.48. The minimum absolute atomic E-state index is 0.00414. The lowest BCUT2D eigenvalue weighted by molar-refractivity contribution is -0.123. The second kappa shape index (κ2) is 9.83. The van der Waals surface area contributed by atoms with Crippen LogP contribution in [0.5, 0.6) is 5.75 Å². The first kappa shape index (κ1) is 19.8. The number of nitrogens with zero attached hydrogens (tertiary/aromatic N) is 2. The predicted molar refractivity (Wildman–Crippen MR) is 110 cm³/mol. The van der Waals surface area contributed by atoms with Crippen LogP contribution < -0.4 is 15.0 Å². The van der Waals surface area contributed by atoms with Gasteiger partial charge in [-0.05, 0) is 42.5 Å². The maximum absolute atomic E-state index is 11.9. The molecular formula is C20H23Cl2N3O2. The third-order valence-corrected chi connectivity index (χ3v) is 4.97. The van der Waals surface area contributed by atoms with E-state index in [2.05, 4.69) is 21.2 Å². The molecule has 3 rings (SSSR count). The van der Waals surface area contributed by atoms with Gasteiger partial charge in [-0.3, -0.25) is 9.69 Å². The van der Waals surface area contributed by atoms with Gasteiger partial charge in [0.1, 0.15) is 5.75 Å². The van der Waals surface area contributed by atoms with E-state index in [1.54, 1.807) is 24.3 Å². The van der Waals surface area contributed by atoms with Crippen molar-refractivity contribution in [2.24, 2.45) is 0 Å². The molecule has 0 radical (unpaired) electrons. The van der Waals surface area contributed by atoms with Gasteiger partial charge in [-0.25, -0.2) is 0 Å². The summed E-state index contributed by atoms with van der Waals surface area (Å²) >= 11 is 11.9. The van der Waals surface area contributed by atoms with Crippen LogP contribution in [0.4, 0.5) is 5.69 Å². The summed E-state index contributed by atoms with van der Waals surface area (Å²) in [5, 5.41) is 4.30. The first-order valence-corrected chi connectivity index (χ1v) is 9.74. The number of nitrogens with one attached hydrogen (secondary N) is 1. The van der Waals surface area contributed by atoms with Crippen molar-refractivity contribution >= 4 is 34.8 Å². The number of halogens is 2. The quantitative estimate of drug-likeness (QED) is 0.764. The molecule has 1 saturated heterocycles. The molecular weight excluding hydrogens is 385 g/mol. The Labute approximate surface area is 169 Å². The standard InChI is InChI=1S/C20H23Cl2N3O2/c21-16-4-6-19(7-5-16)27-15-20(26)23-8-9-24-10-12-25(13-11-24)18-3-1-2-17(22)14-18/h1-7,14H,8-13,15H2,(H,23,26). The van der Waals surface area contributed by atoms with E-state index < -0.39 is 0 Å². The first-order chi connectivity index (χ1) is 13.1. The Hall–Kier alpha value is -1.95. The highest BCUT2D eigenvalue weighted by Gasteiger charge is 2.17. The molecule has 1 aliphatic rings. The molecule has 1 amide bonds. The third kappa shape index (κ3) is 6.31. The monoisotopic (exact) mass is 407 g/mol. The van der Waals surface area contributed by atoms with Crippen molar-refractivity contribution in [1.82, 2.24) is 10.2 Å². The van der Waals surface area contributed by atoms with Crippen molar-refractivity contribution in [2.75, 3.05) is 50.8 Å². The molecule has 2 aromatic carbocycles. The number of amides is 1. The number of benzene rings is 2. The van der Waals surface area contributed by atoms with E-state index in [0.29, 0.717) is 17.3 Å². The molecule has 1 heterocycles. The van der Waals surface area contributed by atoms with Crippen molar-refractivity contribution in [3.63, 3.8) is 0 Å². The van der Waals surface area contributed by atoms with Gasteiger partial charge in [0.15, 0.2) is 6.61 Å². The zero-order valence-electron chi connectivity index (χ0n) is 15.0. The molecule has 1 fully saturated rings. The zero-order chi connectivity index (χ0) is 19.1. The summed E-state index contributed by atoms with van der Waals surface area (Å²) in [5.74, 6) is 0.509. The van der Waals surface area contributed by atoms with E-state index in [1.807, 2.05) is 18.2 Å². The molecule has 0 aliphatic carbocycles. The van der Waals surface area contributed by atoms with Crippen LogP contribution in [-0.4, -0.2) is 56.7 Å². The summed E-state index contributed by atoms with van der Waals surface area (Å²) in [5.41, 5.74) is 1.16. The zero-order valence-corrected chi connectivity index (χ0v) is 16.5. The number of carbonyl (C=O) groups excluding carboxylic acids is 1. The molecule has 5 nitrogen and oxygen atoms in total. The lowest BCUT2D eigenvalue weighted by Gasteiger charge is -2.36. The summed E-state index contributed by atoms with van der Waals surface area (Å²) < 4.78 is 5.44. The molecule has 0 aromatic heterocycles. The number of ether oxygens (including phenoxy) is 1. The van der Waals surface area contributed by atoms with Gasteiger partial charge in [0.2, 0.25) is 0 Å². The Balaban J connectivity index is 1.32. The maximum atomic E-state index is 11.9. The number of hydrogen-bond donors (Lipinski definition) is 1. The van der Waals surface area contributed by atoms with Crippen LogP contribution >= 0.6 is 23.2 Å².